The molecule has 0 aromatic heterocycles. The minimum Gasteiger partial charge on any atom is -0.493 e. The quantitative estimate of drug-likeness (QED) is 0.900. The predicted molar refractivity (Wildman–Crippen MR) is 89.2 cm³/mol. The Kier molecular flexibility index (Phi) is 5.85. The molecular weight excluding hydrogens is 296 g/mol. The number of ether oxygens (including phenoxy) is 3. The van der Waals surface area contributed by atoms with Crippen molar-refractivity contribution in [1.82, 2.24) is 4.90 Å². The number of methoxy groups -OCH3 is 2. The highest BCUT2D eigenvalue weighted by atomic mass is 16.5. The molecule has 0 radical (unpaired) electrons. The van der Waals surface area contributed by atoms with Crippen LogP contribution in [-0.4, -0.2) is 56.4 Å². The van der Waals surface area contributed by atoms with E-state index in [1.54, 1.807) is 32.4 Å². The van der Waals surface area contributed by atoms with Crippen LogP contribution < -0.4 is 14.8 Å². The molecule has 1 amide bonds. The van der Waals surface area contributed by atoms with E-state index in [0.29, 0.717) is 17.2 Å². The number of anilines is 1. The Morgan fingerprint density at radius 3 is 2.39 bits per heavy atom. The van der Waals surface area contributed by atoms with Gasteiger partial charge in [-0.2, -0.15) is 0 Å². The number of carbonyl (C=O) groups is 1. The van der Waals surface area contributed by atoms with Crippen LogP contribution in [-0.2, 0) is 9.53 Å². The molecule has 1 fully saturated rings. The summed E-state index contributed by atoms with van der Waals surface area (Å²) in [5.41, 5.74) is 0.689. The maximum Gasteiger partial charge on any atom is 0.241 e. The number of nitrogens with one attached hydrogen (secondary N) is 1. The molecular formula is C17H26N2O4. The predicted octanol–water partition coefficient (Wildman–Crippen LogP) is 2.14. The van der Waals surface area contributed by atoms with E-state index < -0.39 is 0 Å². The molecule has 1 aliphatic rings. The molecule has 1 aromatic carbocycles. The highest BCUT2D eigenvalue weighted by Crippen LogP contribution is 2.29. The first kappa shape index (κ1) is 17.6. The van der Waals surface area contributed by atoms with Crippen molar-refractivity contribution in [3.8, 4) is 11.5 Å². The van der Waals surface area contributed by atoms with E-state index in [4.69, 9.17) is 14.2 Å². The second-order valence-corrected chi connectivity index (χ2v) is 5.95. The van der Waals surface area contributed by atoms with Crippen LogP contribution >= 0.6 is 0 Å². The smallest absolute Gasteiger partial charge is 0.241 e. The van der Waals surface area contributed by atoms with Gasteiger partial charge in [0.15, 0.2) is 11.5 Å². The van der Waals surface area contributed by atoms with Gasteiger partial charge in [0.05, 0.1) is 32.5 Å². The summed E-state index contributed by atoms with van der Waals surface area (Å²) in [5, 5.41) is 2.94. The van der Waals surface area contributed by atoms with Crippen LogP contribution in [0.1, 0.15) is 20.8 Å². The number of benzene rings is 1. The van der Waals surface area contributed by atoms with E-state index in [2.05, 4.69) is 10.2 Å². The lowest BCUT2D eigenvalue weighted by Gasteiger charge is -2.38. The molecule has 23 heavy (non-hydrogen) atoms. The molecule has 128 valence electrons. The summed E-state index contributed by atoms with van der Waals surface area (Å²) >= 11 is 0. The zero-order valence-electron chi connectivity index (χ0n) is 14.5. The van der Waals surface area contributed by atoms with Gasteiger partial charge in [-0.1, -0.05) is 0 Å². The minimum atomic E-state index is -0.225. The SMILES string of the molecule is COc1ccc(NC(=O)C(C)N2CC(C)OC(C)C2)cc1OC. The third-order valence-corrected chi connectivity index (χ3v) is 4.03. The molecule has 6 heteroatoms. The molecule has 1 aliphatic heterocycles. The standard InChI is InChI=1S/C17H26N2O4/c1-11-9-19(10-12(2)23-11)13(3)17(20)18-14-6-7-15(21-4)16(8-14)22-5/h6-8,11-13H,9-10H2,1-5H3,(H,18,20). The fourth-order valence-electron chi connectivity index (χ4n) is 2.86. The van der Waals surface area contributed by atoms with Crippen LogP contribution in [0.25, 0.3) is 0 Å². The van der Waals surface area contributed by atoms with Crippen molar-refractivity contribution in [3.63, 3.8) is 0 Å². The van der Waals surface area contributed by atoms with Crippen molar-refractivity contribution in [2.24, 2.45) is 0 Å². The van der Waals surface area contributed by atoms with Crippen molar-refractivity contribution >= 4 is 11.6 Å². The molecule has 6 nitrogen and oxygen atoms in total. The Labute approximate surface area is 137 Å². The van der Waals surface area contributed by atoms with Gasteiger partial charge in [0.2, 0.25) is 5.91 Å². The molecule has 3 atom stereocenters. The van der Waals surface area contributed by atoms with Crippen molar-refractivity contribution < 1.29 is 19.0 Å². The summed E-state index contributed by atoms with van der Waals surface area (Å²) < 4.78 is 16.2. The lowest BCUT2D eigenvalue weighted by Crippen LogP contribution is -2.52. The molecule has 1 N–H and O–H groups in total. The average Bonchev–Trinajstić information content (AvgIpc) is 2.52. The highest BCUT2D eigenvalue weighted by Gasteiger charge is 2.29. The Balaban J connectivity index is 2.03. The van der Waals surface area contributed by atoms with Gasteiger partial charge in [-0.3, -0.25) is 9.69 Å². The summed E-state index contributed by atoms with van der Waals surface area (Å²) in [5.74, 6) is 1.18. The van der Waals surface area contributed by atoms with E-state index in [9.17, 15) is 4.79 Å². The number of hydrogen-bond acceptors (Lipinski definition) is 5. The molecule has 0 aliphatic carbocycles. The van der Waals surface area contributed by atoms with E-state index in [1.807, 2.05) is 20.8 Å². The summed E-state index contributed by atoms with van der Waals surface area (Å²) in [6.07, 6.45) is 0.269. The number of rotatable bonds is 5. The Hall–Kier alpha value is -1.79. The largest absolute Gasteiger partial charge is 0.493 e. The van der Waals surface area contributed by atoms with E-state index in [1.165, 1.54) is 0 Å². The van der Waals surface area contributed by atoms with Crippen LogP contribution in [0.5, 0.6) is 11.5 Å². The van der Waals surface area contributed by atoms with E-state index in [0.717, 1.165) is 13.1 Å². The molecule has 1 saturated heterocycles. The van der Waals surface area contributed by atoms with Gasteiger partial charge in [0.1, 0.15) is 0 Å². The second-order valence-electron chi connectivity index (χ2n) is 5.95. The Morgan fingerprint density at radius 2 is 1.83 bits per heavy atom. The normalized spacial score (nSPS) is 23.2. The lowest BCUT2D eigenvalue weighted by atomic mass is 10.1. The topological polar surface area (TPSA) is 60.0 Å². The lowest BCUT2D eigenvalue weighted by molar-refractivity contribution is -0.126. The molecule has 0 saturated carbocycles. The summed E-state index contributed by atoms with van der Waals surface area (Å²) in [6, 6.07) is 5.11. The molecule has 1 aromatic rings. The summed E-state index contributed by atoms with van der Waals surface area (Å²) in [4.78, 5) is 14.7. The van der Waals surface area contributed by atoms with Crippen LogP contribution in [0.2, 0.25) is 0 Å². The number of nitrogens with zero attached hydrogens (tertiary/aromatic N) is 1. The molecule has 1 heterocycles. The Bertz CT molecular complexity index is 539. The number of amides is 1. The van der Waals surface area contributed by atoms with Crippen molar-refractivity contribution in [1.29, 1.82) is 0 Å². The third kappa shape index (κ3) is 4.36. The van der Waals surface area contributed by atoms with Crippen LogP contribution in [0.3, 0.4) is 0 Å². The first-order chi connectivity index (χ1) is 10.9. The maximum absolute atomic E-state index is 12.5. The monoisotopic (exact) mass is 322 g/mol. The number of hydrogen-bond donors (Lipinski definition) is 1. The van der Waals surface area contributed by atoms with Crippen molar-refractivity contribution in [2.45, 2.75) is 39.0 Å². The molecule has 0 bridgehead atoms. The highest BCUT2D eigenvalue weighted by molar-refractivity contribution is 5.94. The van der Waals surface area contributed by atoms with Crippen molar-refractivity contribution in [3.05, 3.63) is 18.2 Å². The first-order valence-corrected chi connectivity index (χ1v) is 7.87. The van der Waals surface area contributed by atoms with Gasteiger partial charge in [-0.05, 0) is 32.9 Å². The van der Waals surface area contributed by atoms with Crippen LogP contribution in [0.4, 0.5) is 5.69 Å². The van der Waals surface area contributed by atoms with Crippen LogP contribution in [0.15, 0.2) is 18.2 Å². The van der Waals surface area contributed by atoms with Gasteiger partial charge < -0.3 is 19.5 Å². The maximum atomic E-state index is 12.5. The van der Waals surface area contributed by atoms with Gasteiger partial charge >= 0.3 is 0 Å². The van der Waals surface area contributed by atoms with Crippen molar-refractivity contribution in [2.75, 3.05) is 32.6 Å². The van der Waals surface area contributed by atoms with E-state index in [-0.39, 0.29) is 24.2 Å². The molecule has 2 rings (SSSR count). The van der Waals surface area contributed by atoms with Gasteiger partial charge in [-0.25, -0.2) is 0 Å². The fraction of sp³-hybridized carbons (Fsp3) is 0.588. The van der Waals surface area contributed by atoms with Gasteiger partial charge in [-0.15, -0.1) is 0 Å². The van der Waals surface area contributed by atoms with Crippen LogP contribution in [0, 0.1) is 0 Å². The first-order valence-electron chi connectivity index (χ1n) is 7.87. The fourth-order valence-corrected chi connectivity index (χ4v) is 2.86. The number of carbonyl (C=O) groups excluding carboxylic acids is 1. The van der Waals surface area contributed by atoms with Gasteiger partial charge in [0.25, 0.3) is 0 Å². The summed E-state index contributed by atoms with van der Waals surface area (Å²) in [7, 11) is 3.15. The minimum absolute atomic E-state index is 0.0430. The average molecular weight is 322 g/mol. The van der Waals surface area contributed by atoms with E-state index >= 15 is 0 Å². The zero-order valence-corrected chi connectivity index (χ0v) is 14.5. The third-order valence-electron chi connectivity index (χ3n) is 4.03. The summed E-state index contributed by atoms with van der Waals surface area (Å²) in [6.45, 7) is 7.49. The molecule has 0 spiro atoms. The zero-order chi connectivity index (χ0) is 17.0. The Morgan fingerprint density at radius 1 is 1.22 bits per heavy atom. The second kappa shape index (κ2) is 7.66. The number of morpholine rings is 1. The van der Waals surface area contributed by atoms with Gasteiger partial charge in [0, 0.05) is 24.8 Å². The molecule has 3 unspecified atom stereocenters.